The van der Waals surface area contributed by atoms with E-state index >= 15 is 0 Å². The first-order valence-corrected chi connectivity index (χ1v) is 9.47. The van der Waals surface area contributed by atoms with Crippen molar-refractivity contribution >= 4 is 22.9 Å². The molecule has 0 unspecified atom stereocenters. The lowest BCUT2D eigenvalue weighted by molar-refractivity contribution is -0.385. The molecule has 1 amide bonds. The topological polar surface area (TPSA) is 85.1 Å². The van der Waals surface area contributed by atoms with Crippen molar-refractivity contribution in [3.8, 4) is 10.6 Å². The maximum atomic E-state index is 13.8. The normalized spacial score (nSPS) is 10.7. The number of nitrogens with one attached hydrogen (secondary N) is 1. The van der Waals surface area contributed by atoms with Crippen molar-refractivity contribution in [3.63, 3.8) is 0 Å². The van der Waals surface area contributed by atoms with Gasteiger partial charge in [0.05, 0.1) is 16.2 Å². The smallest absolute Gasteiger partial charge is 0.276 e. The predicted molar refractivity (Wildman–Crippen MR) is 106 cm³/mol. The Kier molecular flexibility index (Phi) is 5.79. The van der Waals surface area contributed by atoms with Crippen LogP contribution >= 0.6 is 11.3 Å². The third-order valence-corrected chi connectivity index (χ3v) is 5.23. The van der Waals surface area contributed by atoms with Crippen molar-refractivity contribution < 1.29 is 14.1 Å². The average Bonchev–Trinajstić information content (AvgIpc) is 3.13. The molecule has 0 fully saturated rings. The Morgan fingerprint density at radius 1 is 1.25 bits per heavy atom. The van der Waals surface area contributed by atoms with Crippen LogP contribution in [0.1, 0.15) is 27.2 Å². The number of nitro benzene ring substituents is 1. The fraction of sp³-hybridized carbons (Fsp3) is 0.200. The minimum absolute atomic E-state index is 0.0755. The zero-order valence-corrected chi connectivity index (χ0v) is 16.2. The number of aromatic nitrogens is 1. The van der Waals surface area contributed by atoms with Gasteiger partial charge in [-0.25, -0.2) is 9.37 Å². The number of rotatable bonds is 6. The van der Waals surface area contributed by atoms with Crippen LogP contribution in [0.4, 0.5) is 10.1 Å². The molecule has 0 aliphatic heterocycles. The number of aryl methyl sites for hydroxylation is 1. The van der Waals surface area contributed by atoms with Crippen molar-refractivity contribution in [2.24, 2.45) is 0 Å². The summed E-state index contributed by atoms with van der Waals surface area (Å²) in [6.45, 7) is 3.62. The monoisotopic (exact) mass is 399 g/mol. The van der Waals surface area contributed by atoms with Crippen LogP contribution in [0.15, 0.2) is 41.8 Å². The Morgan fingerprint density at radius 2 is 1.96 bits per heavy atom. The molecule has 1 N–H and O–H groups in total. The van der Waals surface area contributed by atoms with Gasteiger partial charge in [0.1, 0.15) is 10.8 Å². The van der Waals surface area contributed by atoms with Gasteiger partial charge in [-0.1, -0.05) is 29.8 Å². The highest BCUT2D eigenvalue weighted by Gasteiger charge is 2.19. The number of nitrogens with zero attached hydrogens (tertiary/aromatic N) is 2. The number of thiazole rings is 1. The number of benzene rings is 2. The van der Waals surface area contributed by atoms with Crippen LogP contribution < -0.4 is 5.32 Å². The van der Waals surface area contributed by atoms with E-state index in [1.807, 2.05) is 36.6 Å². The standard InChI is InChI=1S/C20H18FN3O3S/c1-12-3-5-14(6-4-12)20-23-16(11-28-20)7-8-22-19(25)15-9-17(21)13(2)18(10-15)24(26)27/h3-6,9-11H,7-8H2,1-2H3,(H,22,25). The summed E-state index contributed by atoms with van der Waals surface area (Å²) in [5.74, 6) is -1.34. The highest BCUT2D eigenvalue weighted by molar-refractivity contribution is 7.13. The quantitative estimate of drug-likeness (QED) is 0.490. The van der Waals surface area contributed by atoms with Crippen molar-refractivity contribution in [1.82, 2.24) is 10.3 Å². The van der Waals surface area contributed by atoms with E-state index < -0.39 is 22.3 Å². The van der Waals surface area contributed by atoms with E-state index in [9.17, 15) is 19.3 Å². The van der Waals surface area contributed by atoms with Gasteiger partial charge in [-0.15, -0.1) is 11.3 Å². The molecule has 6 nitrogen and oxygen atoms in total. The summed E-state index contributed by atoms with van der Waals surface area (Å²) < 4.78 is 13.8. The van der Waals surface area contributed by atoms with Crippen LogP contribution in [-0.2, 0) is 6.42 Å². The van der Waals surface area contributed by atoms with Crippen LogP contribution in [0.5, 0.6) is 0 Å². The van der Waals surface area contributed by atoms with Crippen molar-refractivity contribution in [1.29, 1.82) is 0 Å². The van der Waals surface area contributed by atoms with E-state index in [1.165, 1.54) is 23.8 Å². The molecule has 3 rings (SSSR count). The molecule has 28 heavy (non-hydrogen) atoms. The minimum atomic E-state index is -0.776. The van der Waals surface area contributed by atoms with E-state index in [-0.39, 0.29) is 11.1 Å². The molecule has 0 aliphatic carbocycles. The van der Waals surface area contributed by atoms with Crippen LogP contribution in [-0.4, -0.2) is 22.4 Å². The van der Waals surface area contributed by atoms with E-state index in [1.54, 1.807) is 0 Å². The molecule has 8 heteroatoms. The summed E-state index contributed by atoms with van der Waals surface area (Å²) in [7, 11) is 0. The zero-order valence-electron chi connectivity index (χ0n) is 15.4. The second kappa shape index (κ2) is 8.26. The number of halogens is 1. The lowest BCUT2D eigenvalue weighted by Gasteiger charge is -2.06. The van der Waals surface area contributed by atoms with E-state index in [2.05, 4.69) is 10.3 Å². The van der Waals surface area contributed by atoms with Crippen molar-refractivity contribution in [3.05, 3.63) is 80.1 Å². The van der Waals surface area contributed by atoms with Gasteiger partial charge < -0.3 is 5.32 Å². The van der Waals surface area contributed by atoms with Gasteiger partial charge in [-0.3, -0.25) is 14.9 Å². The molecule has 0 radical (unpaired) electrons. The van der Waals surface area contributed by atoms with E-state index in [4.69, 9.17) is 0 Å². The molecule has 0 saturated heterocycles. The summed E-state index contributed by atoms with van der Waals surface area (Å²) in [4.78, 5) is 27.1. The fourth-order valence-corrected chi connectivity index (χ4v) is 3.50. The first-order chi connectivity index (χ1) is 13.3. The summed E-state index contributed by atoms with van der Waals surface area (Å²) in [6.07, 6.45) is 0.505. The van der Waals surface area contributed by atoms with E-state index in [0.717, 1.165) is 28.4 Å². The van der Waals surface area contributed by atoms with Crippen LogP contribution in [0, 0.1) is 29.8 Å². The summed E-state index contributed by atoms with van der Waals surface area (Å²) in [5, 5.41) is 16.5. The van der Waals surface area contributed by atoms with Gasteiger partial charge in [-0.2, -0.15) is 0 Å². The molecule has 0 aliphatic rings. The highest BCUT2D eigenvalue weighted by atomic mass is 32.1. The minimum Gasteiger partial charge on any atom is -0.352 e. The molecular formula is C20H18FN3O3S. The third-order valence-electron chi connectivity index (χ3n) is 4.29. The Hall–Kier alpha value is -3.13. The van der Waals surface area contributed by atoms with Gasteiger partial charge >= 0.3 is 0 Å². The Balaban J connectivity index is 1.62. The Labute approximate surface area is 165 Å². The van der Waals surface area contributed by atoms with Crippen LogP contribution in [0.2, 0.25) is 0 Å². The average molecular weight is 399 g/mol. The molecule has 0 atom stereocenters. The number of amides is 1. The highest BCUT2D eigenvalue weighted by Crippen LogP contribution is 2.24. The van der Waals surface area contributed by atoms with Gasteiger partial charge in [0.25, 0.3) is 11.6 Å². The lowest BCUT2D eigenvalue weighted by atomic mass is 10.1. The van der Waals surface area contributed by atoms with Gasteiger partial charge in [0.2, 0.25) is 0 Å². The number of carbonyl (C=O) groups excluding carboxylic acids is 1. The maximum Gasteiger partial charge on any atom is 0.276 e. The molecule has 2 aromatic carbocycles. The summed E-state index contributed by atoms with van der Waals surface area (Å²) in [6, 6.07) is 10.2. The molecule has 3 aromatic rings. The first-order valence-electron chi connectivity index (χ1n) is 8.59. The number of carbonyl (C=O) groups is 1. The van der Waals surface area contributed by atoms with Gasteiger partial charge in [0, 0.05) is 35.5 Å². The zero-order chi connectivity index (χ0) is 20.3. The SMILES string of the molecule is Cc1ccc(-c2nc(CCNC(=O)c3cc(F)c(C)c([N+](=O)[O-])c3)cs2)cc1. The molecular weight excluding hydrogens is 381 g/mol. The van der Waals surface area contributed by atoms with Gasteiger partial charge in [0.15, 0.2) is 0 Å². The molecule has 1 heterocycles. The fourth-order valence-electron chi connectivity index (χ4n) is 2.64. The number of nitro groups is 1. The molecule has 144 valence electrons. The van der Waals surface area contributed by atoms with Crippen LogP contribution in [0.3, 0.4) is 0 Å². The van der Waals surface area contributed by atoms with Crippen molar-refractivity contribution in [2.75, 3.05) is 6.54 Å². The second-order valence-electron chi connectivity index (χ2n) is 6.38. The molecule has 0 saturated carbocycles. The molecule has 0 bridgehead atoms. The lowest BCUT2D eigenvalue weighted by Crippen LogP contribution is -2.26. The number of hydrogen-bond acceptors (Lipinski definition) is 5. The number of hydrogen-bond donors (Lipinski definition) is 1. The third kappa shape index (κ3) is 4.40. The molecule has 0 spiro atoms. The van der Waals surface area contributed by atoms with Gasteiger partial charge in [-0.05, 0) is 19.9 Å². The first kappa shape index (κ1) is 19.6. The Bertz CT molecular complexity index is 1030. The van der Waals surface area contributed by atoms with Crippen LogP contribution in [0.25, 0.3) is 10.6 Å². The summed E-state index contributed by atoms with van der Waals surface area (Å²) in [5.41, 5.74) is 2.47. The largest absolute Gasteiger partial charge is 0.352 e. The second-order valence-corrected chi connectivity index (χ2v) is 7.23. The van der Waals surface area contributed by atoms with Crippen molar-refractivity contribution in [2.45, 2.75) is 20.3 Å². The summed E-state index contributed by atoms with van der Waals surface area (Å²) >= 11 is 1.52. The molecule has 1 aromatic heterocycles. The van der Waals surface area contributed by atoms with E-state index in [0.29, 0.717) is 13.0 Å². The predicted octanol–water partition coefficient (Wildman–Crippen LogP) is 4.45. The maximum absolute atomic E-state index is 13.8. The Morgan fingerprint density at radius 3 is 2.64 bits per heavy atom.